The molecule has 0 unspecified atom stereocenters. The molecule has 2 aliphatic rings. The van der Waals surface area contributed by atoms with Crippen molar-refractivity contribution in [2.75, 3.05) is 26.2 Å². The predicted octanol–water partition coefficient (Wildman–Crippen LogP) is 4.20. The fourth-order valence-electron chi connectivity index (χ4n) is 3.89. The first kappa shape index (κ1) is 16.3. The number of nitrogens with one attached hydrogen (secondary N) is 1. The maximum atomic E-state index is 3.86. The van der Waals surface area contributed by atoms with Crippen LogP contribution in [0.5, 0.6) is 0 Å². The van der Waals surface area contributed by atoms with Crippen molar-refractivity contribution >= 4 is 0 Å². The zero-order chi connectivity index (χ0) is 14.3. The van der Waals surface area contributed by atoms with E-state index in [9.17, 15) is 0 Å². The summed E-state index contributed by atoms with van der Waals surface area (Å²) in [6, 6.07) is 0.862. The molecule has 20 heavy (non-hydrogen) atoms. The van der Waals surface area contributed by atoms with Crippen LogP contribution in [-0.2, 0) is 0 Å². The van der Waals surface area contributed by atoms with Crippen molar-refractivity contribution in [3.05, 3.63) is 0 Å². The van der Waals surface area contributed by atoms with Crippen LogP contribution in [0, 0.1) is 5.41 Å². The van der Waals surface area contributed by atoms with E-state index in [2.05, 4.69) is 24.1 Å². The lowest BCUT2D eigenvalue weighted by Gasteiger charge is -2.38. The highest BCUT2D eigenvalue weighted by Crippen LogP contribution is 2.36. The number of rotatable bonds is 9. The molecule has 2 rings (SSSR count). The predicted molar refractivity (Wildman–Crippen MR) is 88.2 cm³/mol. The van der Waals surface area contributed by atoms with Crippen LogP contribution in [-0.4, -0.2) is 37.1 Å². The molecule has 0 amide bonds. The van der Waals surface area contributed by atoms with E-state index in [4.69, 9.17) is 0 Å². The SMILES string of the molecule is CCCN(CCC)CC1(CNC2CC2)CCCCCC1. The Balaban J connectivity index is 1.94. The van der Waals surface area contributed by atoms with Crippen molar-refractivity contribution in [1.29, 1.82) is 0 Å². The summed E-state index contributed by atoms with van der Waals surface area (Å²) in [4.78, 5) is 2.75. The molecule has 2 aliphatic carbocycles. The van der Waals surface area contributed by atoms with E-state index in [1.165, 1.54) is 90.4 Å². The molecule has 0 radical (unpaired) electrons. The standard InChI is InChI=1S/C18H36N2/c1-3-13-20(14-4-2)16-18(15-19-17-9-10-17)11-7-5-6-8-12-18/h17,19H,3-16H2,1-2H3. The van der Waals surface area contributed by atoms with Gasteiger partial charge in [0.05, 0.1) is 0 Å². The van der Waals surface area contributed by atoms with Crippen molar-refractivity contribution in [1.82, 2.24) is 10.2 Å². The first-order chi connectivity index (χ1) is 9.78. The topological polar surface area (TPSA) is 15.3 Å². The summed E-state index contributed by atoms with van der Waals surface area (Å²) in [5.74, 6) is 0. The minimum Gasteiger partial charge on any atom is -0.313 e. The van der Waals surface area contributed by atoms with Gasteiger partial charge in [-0.05, 0) is 57.0 Å². The third-order valence-electron chi connectivity index (χ3n) is 5.15. The molecule has 2 heteroatoms. The van der Waals surface area contributed by atoms with E-state index in [0.29, 0.717) is 5.41 Å². The number of nitrogens with zero attached hydrogens (tertiary/aromatic N) is 1. The minimum absolute atomic E-state index is 0.573. The Kier molecular flexibility index (Phi) is 6.83. The fourth-order valence-corrected chi connectivity index (χ4v) is 3.89. The van der Waals surface area contributed by atoms with E-state index in [1.54, 1.807) is 0 Å². The molecule has 0 aromatic heterocycles. The zero-order valence-electron chi connectivity index (χ0n) is 13.9. The van der Waals surface area contributed by atoms with Gasteiger partial charge in [-0.3, -0.25) is 0 Å². The third kappa shape index (κ3) is 5.37. The van der Waals surface area contributed by atoms with Crippen LogP contribution in [0.3, 0.4) is 0 Å². The molecule has 0 aromatic rings. The second kappa shape index (κ2) is 8.38. The highest BCUT2D eigenvalue weighted by atomic mass is 15.1. The second-order valence-corrected chi connectivity index (χ2v) is 7.35. The normalized spacial score (nSPS) is 22.9. The van der Waals surface area contributed by atoms with Crippen molar-refractivity contribution in [3.8, 4) is 0 Å². The summed E-state index contributed by atoms with van der Waals surface area (Å²) in [6.07, 6.45) is 14.2. The monoisotopic (exact) mass is 280 g/mol. The van der Waals surface area contributed by atoms with Gasteiger partial charge in [-0.15, -0.1) is 0 Å². The Morgan fingerprint density at radius 1 is 0.950 bits per heavy atom. The lowest BCUT2D eigenvalue weighted by molar-refractivity contribution is 0.126. The Labute approximate surface area is 126 Å². The lowest BCUT2D eigenvalue weighted by Crippen LogP contribution is -2.45. The van der Waals surface area contributed by atoms with Gasteiger partial charge in [0.2, 0.25) is 0 Å². The summed E-state index contributed by atoms with van der Waals surface area (Å²) in [7, 11) is 0. The maximum absolute atomic E-state index is 3.86. The van der Waals surface area contributed by atoms with E-state index in [1.807, 2.05) is 0 Å². The maximum Gasteiger partial charge on any atom is 0.00684 e. The molecule has 0 aliphatic heterocycles. The first-order valence-electron chi connectivity index (χ1n) is 9.24. The van der Waals surface area contributed by atoms with Crippen LogP contribution < -0.4 is 5.32 Å². The molecule has 2 saturated carbocycles. The van der Waals surface area contributed by atoms with Gasteiger partial charge in [0.1, 0.15) is 0 Å². The Morgan fingerprint density at radius 3 is 2.05 bits per heavy atom. The molecule has 0 heterocycles. The quantitative estimate of drug-likeness (QED) is 0.637. The molecule has 0 atom stereocenters. The molecule has 118 valence electrons. The molecule has 2 nitrogen and oxygen atoms in total. The van der Waals surface area contributed by atoms with Gasteiger partial charge in [-0.2, -0.15) is 0 Å². The highest BCUT2D eigenvalue weighted by molar-refractivity contribution is 4.90. The zero-order valence-corrected chi connectivity index (χ0v) is 13.9. The minimum atomic E-state index is 0.573. The van der Waals surface area contributed by atoms with Gasteiger partial charge < -0.3 is 10.2 Å². The van der Waals surface area contributed by atoms with Gasteiger partial charge in [-0.25, -0.2) is 0 Å². The molecule has 0 bridgehead atoms. The van der Waals surface area contributed by atoms with Gasteiger partial charge in [0, 0.05) is 19.1 Å². The fraction of sp³-hybridized carbons (Fsp3) is 1.00. The molecule has 0 spiro atoms. The smallest absolute Gasteiger partial charge is 0.00684 e. The van der Waals surface area contributed by atoms with Gasteiger partial charge in [0.25, 0.3) is 0 Å². The van der Waals surface area contributed by atoms with Crippen molar-refractivity contribution in [3.63, 3.8) is 0 Å². The van der Waals surface area contributed by atoms with Crippen molar-refractivity contribution in [2.24, 2.45) is 5.41 Å². The molecule has 0 saturated heterocycles. The Morgan fingerprint density at radius 2 is 1.55 bits per heavy atom. The average molecular weight is 280 g/mol. The Bertz CT molecular complexity index is 246. The summed E-state index contributed by atoms with van der Waals surface area (Å²) < 4.78 is 0. The summed E-state index contributed by atoms with van der Waals surface area (Å²) >= 11 is 0. The van der Waals surface area contributed by atoms with Crippen LogP contribution in [0.4, 0.5) is 0 Å². The van der Waals surface area contributed by atoms with Crippen LogP contribution in [0.25, 0.3) is 0 Å². The van der Waals surface area contributed by atoms with Gasteiger partial charge >= 0.3 is 0 Å². The van der Waals surface area contributed by atoms with Crippen LogP contribution in [0.2, 0.25) is 0 Å². The van der Waals surface area contributed by atoms with Crippen LogP contribution in [0.1, 0.15) is 78.1 Å². The summed E-state index contributed by atoms with van der Waals surface area (Å²) in [6.45, 7) is 9.85. The first-order valence-corrected chi connectivity index (χ1v) is 9.24. The lowest BCUT2D eigenvalue weighted by atomic mass is 9.79. The van der Waals surface area contributed by atoms with Crippen LogP contribution in [0.15, 0.2) is 0 Å². The molecular weight excluding hydrogens is 244 g/mol. The average Bonchev–Trinajstić information content (AvgIpc) is 3.25. The second-order valence-electron chi connectivity index (χ2n) is 7.35. The Hall–Kier alpha value is -0.0800. The molecule has 1 N–H and O–H groups in total. The molecule has 0 aromatic carbocycles. The van der Waals surface area contributed by atoms with E-state index < -0.39 is 0 Å². The largest absolute Gasteiger partial charge is 0.313 e. The number of hydrogen-bond donors (Lipinski definition) is 1. The van der Waals surface area contributed by atoms with Crippen molar-refractivity contribution < 1.29 is 0 Å². The van der Waals surface area contributed by atoms with Gasteiger partial charge in [-0.1, -0.05) is 39.5 Å². The van der Waals surface area contributed by atoms with E-state index in [0.717, 1.165) is 6.04 Å². The molecule has 2 fully saturated rings. The summed E-state index contributed by atoms with van der Waals surface area (Å²) in [5.41, 5.74) is 0.573. The molecular formula is C18H36N2. The van der Waals surface area contributed by atoms with Crippen LogP contribution >= 0.6 is 0 Å². The van der Waals surface area contributed by atoms with Gasteiger partial charge in [0.15, 0.2) is 0 Å². The van der Waals surface area contributed by atoms with Crippen molar-refractivity contribution in [2.45, 2.75) is 84.1 Å². The third-order valence-corrected chi connectivity index (χ3v) is 5.15. The number of hydrogen-bond acceptors (Lipinski definition) is 2. The highest BCUT2D eigenvalue weighted by Gasteiger charge is 2.34. The summed E-state index contributed by atoms with van der Waals surface area (Å²) in [5, 5.41) is 3.86. The van der Waals surface area contributed by atoms with E-state index >= 15 is 0 Å². The van der Waals surface area contributed by atoms with E-state index in [-0.39, 0.29) is 0 Å².